The normalized spacial score (nSPS) is 17.1. The van der Waals surface area contributed by atoms with E-state index in [2.05, 4.69) is 17.6 Å². The average Bonchev–Trinajstić information content (AvgIpc) is 3.08. The van der Waals surface area contributed by atoms with Gasteiger partial charge in [-0.2, -0.15) is 0 Å². The Bertz CT molecular complexity index is 270. The van der Waals surface area contributed by atoms with Crippen molar-refractivity contribution in [2.75, 3.05) is 13.1 Å². The summed E-state index contributed by atoms with van der Waals surface area (Å²) in [5.41, 5.74) is -0.417. The highest BCUT2D eigenvalue weighted by molar-refractivity contribution is 5.67. The maximum absolute atomic E-state index is 11.4. The monoisotopic (exact) mass is 270 g/mol. The first-order valence-corrected chi connectivity index (χ1v) is 7.61. The molecule has 0 saturated heterocycles. The predicted octanol–water partition coefficient (Wildman–Crippen LogP) is 3.07. The summed E-state index contributed by atoms with van der Waals surface area (Å²) in [4.78, 5) is 11.4. The summed E-state index contributed by atoms with van der Waals surface area (Å²) in [6.07, 6.45) is 5.96. The Hall–Kier alpha value is -0.770. The van der Waals surface area contributed by atoms with Crippen LogP contribution < -0.4 is 10.6 Å². The zero-order valence-electron chi connectivity index (χ0n) is 12.9. The van der Waals surface area contributed by atoms with Crippen LogP contribution in [0.4, 0.5) is 4.79 Å². The van der Waals surface area contributed by atoms with Gasteiger partial charge in [-0.15, -0.1) is 0 Å². The quantitative estimate of drug-likeness (QED) is 0.666. The van der Waals surface area contributed by atoms with E-state index in [4.69, 9.17) is 4.74 Å². The number of nitrogens with one attached hydrogen (secondary N) is 2. The third-order valence-corrected chi connectivity index (χ3v) is 3.26. The lowest BCUT2D eigenvalue weighted by atomic mass is 10.1. The first kappa shape index (κ1) is 16.3. The molecule has 0 aromatic rings. The lowest BCUT2D eigenvalue weighted by Crippen LogP contribution is -2.35. The first-order chi connectivity index (χ1) is 8.90. The predicted molar refractivity (Wildman–Crippen MR) is 78.3 cm³/mol. The van der Waals surface area contributed by atoms with Crippen molar-refractivity contribution in [1.29, 1.82) is 0 Å². The van der Waals surface area contributed by atoms with E-state index in [0.29, 0.717) is 12.6 Å². The Morgan fingerprint density at radius 2 is 2.00 bits per heavy atom. The van der Waals surface area contributed by atoms with Gasteiger partial charge in [-0.25, -0.2) is 4.79 Å². The second-order valence-electron chi connectivity index (χ2n) is 6.52. The number of hydrogen-bond acceptors (Lipinski definition) is 3. The summed E-state index contributed by atoms with van der Waals surface area (Å²) in [5, 5.41) is 6.35. The van der Waals surface area contributed by atoms with E-state index in [9.17, 15) is 4.79 Å². The largest absolute Gasteiger partial charge is 0.444 e. The average molecular weight is 270 g/mol. The SMILES string of the molecule is CCC(CC1CC1)NCCCNC(=O)OC(C)(C)C. The van der Waals surface area contributed by atoms with Crippen LogP contribution in [0.5, 0.6) is 0 Å². The smallest absolute Gasteiger partial charge is 0.407 e. The maximum atomic E-state index is 11.4. The lowest BCUT2D eigenvalue weighted by molar-refractivity contribution is 0.0527. The van der Waals surface area contributed by atoms with E-state index < -0.39 is 5.60 Å². The molecule has 4 nitrogen and oxygen atoms in total. The zero-order valence-corrected chi connectivity index (χ0v) is 12.9. The molecule has 4 heteroatoms. The van der Waals surface area contributed by atoms with Crippen molar-refractivity contribution in [3.63, 3.8) is 0 Å². The van der Waals surface area contributed by atoms with E-state index >= 15 is 0 Å². The molecule has 1 amide bonds. The molecule has 0 heterocycles. The fraction of sp³-hybridized carbons (Fsp3) is 0.933. The van der Waals surface area contributed by atoms with Gasteiger partial charge in [0.15, 0.2) is 0 Å². The molecule has 1 aliphatic carbocycles. The number of carbonyl (C=O) groups excluding carboxylic acids is 1. The van der Waals surface area contributed by atoms with Crippen LogP contribution in [0.1, 0.15) is 59.8 Å². The van der Waals surface area contributed by atoms with Crippen LogP contribution in [0.2, 0.25) is 0 Å². The highest BCUT2D eigenvalue weighted by Gasteiger charge is 2.24. The number of rotatable bonds is 8. The van der Waals surface area contributed by atoms with Gasteiger partial charge in [0.1, 0.15) is 5.60 Å². The molecule has 1 unspecified atom stereocenters. The van der Waals surface area contributed by atoms with Gasteiger partial charge in [-0.3, -0.25) is 0 Å². The molecule has 1 aliphatic rings. The Morgan fingerprint density at radius 1 is 1.32 bits per heavy atom. The highest BCUT2D eigenvalue weighted by Crippen LogP contribution is 2.33. The Kier molecular flexibility index (Phi) is 6.63. The summed E-state index contributed by atoms with van der Waals surface area (Å²) in [6.45, 7) is 9.48. The molecule has 0 aromatic heterocycles. The van der Waals surface area contributed by atoms with Crippen molar-refractivity contribution in [2.45, 2.75) is 71.4 Å². The zero-order chi connectivity index (χ0) is 14.3. The molecule has 0 aromatic carbocycles. The molecular weight excluding hydrogens is 240 g/mol. The van der Waals surface area contributed by atoms with E-state index in [1.165, 1.54) is 25.7 Å². The Morgan fingerprint density at radius 3 is 2.53 bits per heavy atom. The molecule has 0 bridgehead atoms. The molecule has 0 radical (unpaired) electrons. The van der Waals surface area contributed by atoms with Gasteiger partial charge in [-0.1, -0.05) is 19.8 Å². The van der Waals surface area contributed by atoms with Gasteiger partial charge in [-0.05, 0) is 52.5 Å². The molecular formula is C15H30N2O2. The van der Waals surface area contributed by atoms with E-state index in [1.807, 2.05) is 20.8 Å². The molecule has 112 valence electrons. The minimum absolute atomic E-state index is 0.322. The van der Waals surface area contributed by atoms with Crippen molar-refractivity contribution in [3.8, 4) is 0 Å². The number of carbonyl (C=O) groups is 1. The van der Waals surface area contributed by atoms with Crippen LogP contribution in [0.25, 0.3) is 0 Å². The summed E-state index contributed by atoms with van der Waals surface area (Å²) in [6, 6.07) is 0.647. The second kappa shape index (κ2) is 7.73. The second-order valence-corrected chi connectivity index (χ2v) is 6.52. The standard InChI is InChI=1S/C15H30N2O2/c1-5-13(11-12-7-8-12)16-9-6-10-17-14(18)19-15(2,3)4/h12-13,16H,5-11H2,1-4H3,(H,17,18). The molecule has 0 spiro atoms. The van der Waals surface area contributed by atoms with Gasteiger partial charge in [0, 0.05) is 12.6 Å². The van der Waals surface area contributed by atoms with Crippen molar-refractivity contribution in [3.05, 3.63) is 0 Å². The first-order valence-electron chi connectivity index (χ1n) is 7.61. The summed E-state index contributed by atoms with van der Waals surface area (Å²) in [5.74, 6) is 0.970. The van der Waals surface area contributed by atoms with Crippen molar-refractivity contribution in [1.82, 2.24) is 10.6 Å². The molecule has 19 heavy (non-hydrogen) atoms. The highest BCUT2D eigenvalue weighted by atomic mass is 16.6. The van der Waals surface area contributed by atoms with Gasteiger partial charge in [0.05, 0.1) is 0 Å². The molecule has 2 N–H and O–H groups in total. The summed E-state index contributed by atoms with van der Waals surface area (Å²) in [7, 11) is 0. The maximum Gasteiger partial charge on any atom is 0.407 e. The van der Waals surface area contributed by atoms with Crippen LogP contribution in [-0.4, -0.2) is 30.8 Å². The molecule has 1 fully saturated rings. The van der Waals surface area contributed by atoms with Gasteiger partial charge in [0.2, 0.25) is 0 Å². The number of amides is 1. The van der Waals surface area contributed by atoms with Crippen LogP contribution in [0.3, 0.4) is 0 Å². The summed E-state index contributed by atoms with van der Waals surface area (Å²) >= 11 is 0. The summed E-state index contributed by atoms with van der Waals surface area (Å²) < 4.78 is 5.18. The minimum atomic E-state index is -0.417. The molecule has 0 aliphatic heterocycles. The van der Waals surface area contributed by atoms with Gasteiger partial charge in [0.25, 0.3) is 0 Å². The van der Waals surface area contributed by atoms with Crippen molar-refractivity contribution in [2.24, 2.45) is 5.92 Å². The number of ether oxygens (including phenoxy) is 1. The molecule has 1 rings (SSSR count). The molecule has 1 saturated carbocycles. The fourth-order valence-corrected chi connectivity index (χ4v) is 2.05. The van der Waals surface area contributed by atoms with Crippen LogP contribution in [-0.2, 0) is 4.74 Å². The minimum Gasteiger partial charge on any atom is -0.444 e. The van der Waals surface area contributed by atoms with Gasteiger partial charge >= 0.3 is 6.09 Å². The number of hydrogen-bond donors (Lipinski definition) is 2. The fourth-order valence-electron chi connectivity index (χ4n) is 2.05. The van der Waals surface area contributed by atoms with E-state index in [-0.39, 0.29) is 6.09 Å². The Labute approximate surface area is 117 Å². The van der Waals surface area contributed by atoms with Crippen LogP contribution in [0, 0.1) is 5.92 Å². The van der Waals surface area contributed by atoms with Crippen LogP contribution in [0.15, 0.2) is 0 Å². The lowest BCUT2D eigenvalue weighted by Gasteiger charge is -2.20. The number of alkyl carbamates (subject to hydrolysis) is 1. The van der Waals surface area contributed by atoms with Crippen molar-refractivity contribution < 1.29 is 9.53 Å². The van der Waals surface area contributed by atoms with E-state index in [0.717, 1.165) is 18.9 Å². The van der Waals surface area contributed by atoms with E-state index in [1.54, 1.807) is 0 Å². The third-order valence-electron chi connectivity index (χ3n) is 3.26. The van der Waals surface area contributed by atoms with Crippen molar-refractivity contribution >= 4 is 6.09 Å². The Balaban J connectivity index is 1.98. The topological polar surface area (TPSA) is 50.4 Å². The molecule has 1 atom stereocenters. The third kappa shape index (κ3) is 8.87. The van der Waals surface area contributed by atoms with Crippen LogP contribution >= 0.6 is 0 Å². The van der Waals surface area contributed by atoms with Gasteiger partial charge < -0.3 is 15.4 Å².